The first kappa shape index (κ1) is 12.6. The molecule has 3 rings (SSSR count). The number of piperazine rings is 1. The van der Waals surface area contributed by atoms with Crippen LogP contribution in [0, 0.1) is 11.3 Å². The molecule has 1 aromatic heterocycles. The maximum atomic E-state index is 9.13. The third-order valence-electron chi connectivity index (χ3n) is 3.32. The van der Waals surface area contributed by atoms with E-state index in [1.807, 2.05) is 36.4 Å². The predicted molar refractivity (Wildman–Crippen MR) is 77.3 cm³/mol. The molecule has 0 radical (unpaired) electrons. The summed E-state index contributed by atoms with van der Waals surface area (Å²) in [6, 6.07) is 13.9. The van der Waals surface area contributed by atoms with E-state index in [2.05, 4.69) is 26.3 Å². The minimum Gasteiger partial charge on any atom is -0.354 e. The van der Waals surface area contributed by atoms with Crippen molar-refractivity contribution in [3.8, 4) is 17.3 Å². The molecule has 2 aromatic rings. The predicted octanol–water partition coefficient (Wildman–Crippen LogP) is 1.42. The molecule has 1 fully saturated rings. The monoisotopic (exact) mass is 265 g/mol. The summed E-state index contributed by atoms with van der Waals surface area (Å²) in [5, 5.41) is 12.4. The lowest BCUT2D eigenvalue weighted by Crippen LogP contribution is -2.44. The Morgan fingerprint density at radius 2 is 1.85 bits per heavy atom. The van der Waals surface area contributed by atoms with Gasteiger partial charge in [-0.25, -0.2) is 9.97 Å². The highest BCUT2D eigenvalue weighted by Gasteiger charge is 2.14. The summed E-state index contributed by atoms with van der Waals surface area (Å²) >= 11 is 0. The molecule has 0 amide bonds. The van der Waals surface area contributed by atoms with Gasteiger partial charge in [-0.3, -0.25) is 0 Å². The second-order valence-electron chi connectivity index (χ2n) is 4.65. The maximum Gasteiger partial charge on any atom is 0.234 e. The minimum absolute atomic E-state index is 0.222. The Morgan fingerprint density at radius 3 is 2.55 bits per heavy atom. The van der Waals surface area contributed by atoms with Crippen molar-refractivity contribution < 1.29 is 0 Å². The second-order valence-corrected chi connectivity index (χ2v) is 4.65. The standard InChI is InChI=1S/C15H15N5/c16-11-14-18-13(12-4-2-1-3-5-12)10-15(19-14)20-8-6-17-7-9-20/h1-5,10,17H,6-9H2. The van der Waals surface area contributed by atoms with Gasteiger partial charge in [-0.15, -0.1) is 0 Å². The highest BCUT2D eigenvalue weighted by Crippen LogP contribution is 2.21. The molecule has 0 unspecified atom stereocenters. The molecular weight excluding hydrogens is 250 g/mol. The van der Waals surface area contributed by atoms with Crippen molar-refractivity contribution in [2.75, 3.05) is 31.1 Å². The smallest absolute Gasteiger partial charge is 0.234 e. The third kappa shape index (κ3) is 2.60. The zero-order chi connectivity index (χ0) is 13.8. The maximum absolute atomic E-state index is 9.13. The molecule has 0 bridgehead atoms. The summed E-state index contributed by atoms with van der Waals surface area (Å²) in [5.41, 5.74) is 1.80. The van der Waals surface area contributed by atoms with E-state index in [1.54, 1.807) is 0 Å². The number of aromatic nitrogens is 2. The van der Waals surface area contributed by atoms with Crippen LogP contribution in [0.1, 0.15) is 5.82 Å². The minimum atomic E-state index is 0.222. The van der Waals surface area contributed by atoms with Gasteiger partial charge < -0.3 is 10.2 Å². The number of nitrogens with one attached hydrogen (secondary N) is 1. The van der Waals surface area contributed by atoms with Gasteiger partial charge >= 0.3 is 0 Å². The van der Waals surface area contributed by atoms with E-state index in [-0.39, 0.29) is 5.82 Å². The molecule has 1 saturated heterocycles. The normalized spacial score (nSPS) is 14.8. The van der Waals surface area contributed by atoms with Gasteiger partial charge in [0.05, 0.1) is 5.69 Å². The molecule has 0 spiro atoms. The Bertz CT molecular complexity index is 626. The van der Waals surface area contributed by atoms with E-state index >= 15 is 0 Å². The fraction of sp³-hybridized carbons (Fsp3) is 0.267. The molecule has 20 heavy (non-hydrogen) atoms. The van der Waals surface area contributed by atoms with Crippen LogP contribution < -0.4 is 10.2 Å². The number of rotatable bonds is 2. The molecule has 0 aliphatic carbocycles. The van der Waals surface area contributed by atoms with Crippen molar-refractivity contribution in [3.63, 3.8) is 0 Å². The molecule has 1 aliphatic heterocycles. The summed E-state index contributed by atoms with van der Waals surface area (Å²) in [4.78, 5) is 10.8. The van der Waals surface area contributed by atoms with Crippen LogP contribution in [0.5, 0.6) is 0 Å². The summed E-state index contributed by atoms with van der Waals surface area (Å²) in [5.74, 6) is 1.05. The Kier molecular flexibility index (Phi) is 3.57. The first-order valence-electron chi connectivity index (χ1n) is 6.67. The van der Waals surface area contributed by atoms with Crippen LogP contribution in [-0.4, -0.2) is 36.1 Å². The van der Waals surface area contributed by atoms with Crippen molar-refractivity contribution in [3.05, 3.63) is 42.2 Å². The Labute approximate surface area is 117 Å². The topological polar surface area (TPSA) is 64.8 Å². The molecule has 0 atom stereocenters. The molecule has 5 heteroatoms. The quantitative estimate of drug-likeness (QED) is 0.889. The summed E-state index contributed by atoms with van der Waals surface area (Å²) < 4.78 is 0. The SMILES string of the molecule is N#Cc1nc(-c2ccccc2)cc(N2CCNCC2)n1. The number of anilines is 1. The fourth-order valence-corrected chi connectivity index (χ4v) is 2.30. The molecule has 2 heterocycles. The summed E-state index contributed by atoms with van der Waals surface area (Å²) in [7, 11) is 0. The average Bonchev–Trinajstić information content (AvgIpc) is 2.56. The summed E-state index contributed by atoms with van der Waals surface area (Å²) in [6.45, 7) is 3.67. The highest BCUT2D eigenvalue weighted by atomic mass is 15.2. The number of benzene rings is 1. The Morgan fingerprint density at radius 1 is 1.10 bits per heavy atom. The first-order valence-corrected chi connectivity index (χ1v) is 6.67. The van der Waals surface area contributed by atoms with Crippen LogP contribution in [0.2, 0.25) is 0 Å². The van der Waals surface area contributed by atoms with Crippen molar-refractivity contribution in [1.82, 2.24) is 15.3 Å². The van der Waals surface area contributed by atoms with Crippen molar-refractivity contribution in [2.24, 2.45) is 0 Å². The Hall–Kier alpha value is -2.45. The number of nitrogens with zero attached hydrogens (tertiary/aromatic N) is 4. The molecular formula is C15H15N5. The van der Waals surface area contributed by atoms with E-state index in [9.17, 15) is 0 Å². The van der Waals surface area contributed by atoms with Gasteiger partial charge in [0.25, 0.3) is 0 Å². The van der Waals surface area contributed by atoms with Gasteiger partial charge in [0.2, 0.25) is 5.82 Å². The largest absolute Gasteiger partial charge is 0.354 e. The van der Waals surface area contributed by atoms with E-state index in [1.165, 1.54) is 0 Å². The van der Waals surface area contributed by atoms with Gasteiger partial charge in [0.15, 0.2) is 0 Å². The van der Waals surface area contributed by atoms with Crippen LogP contribution in [0.15, 0.2) is 36.4 Å². The molecule has 1 N–H and O–H groups in total. The third-order valence-corrected chi connectivity index (χ3v) is 3.32. The fourth-order valence-electron chi connectivity index (χ4n) is 2.30. The van der Waals surface area contributed by atoms with E-state index in [0.717, 1.165) is 43.3 Å². The number of nitriles is 1. The highest BCUT2D eigenvalue weighted by molar-refractivity contribution is 5.63. The van der Waals surface area contributed by atoms with Crippen LogP contribution >= 0.6 is 0 Å². The van der Waals surface area contributed by atoms with Crippen molar-refractivity contribution in [1.29, 1.82) is 5.26 Å². The van der Waals surface area contributed by atoms with Gasteiger partial charge in [-0.1, -0.05) is 30.3 Å². The Balaban J connectivity index is 2.01. The number of hydrogen-bond acceptors (Lipinski definition) is 5. The number of hydrogen-bond donors (Lipinski definition) is 1. The zero-order valence-corrected chi connectivity index (χ0v) is 11.1. The van der Waals surface area contributed by atoms with Gasteiger partial charge in [0.1, 0.15) is 11.9 Å². The van der Waals surface area contributed by atoms with Crippen LogP contribution in [0.25, 0.3) is 11.3 Å². The molecule has 1 aromatic carbocycles. The second kappa shape index (κ2) is 5.68. The van der Waals surface area contributed by atoms with Gasteiger partial charge in [0, 0.05) is 37.8 Å². The lowest BCUT2D eigenvalue weighted by Gasteiger charge is -2.28. The van der Waals surface area contributed by atoms with Crippen molar-refractivity contribution in [2.45, 2.75) is 0 Å². The van der Waals surface area contributed by atoms with Crippen molar-refractivity contribution >= 4 is 5.82 Å². The van der Waals surface area contributed by atoms with Crippen LogP contribution in [0.4, 0.5) is 5.82 Å². The average molecular weight is 265 g/mol. The summed E-state index contributed by atoms with van der Waals surface area (Å²) in [6.07, 6.45) is 0. The van der Waals surface area contributed by atoms with Gasteiger partial charge in [-0.2, -0.15) is 5.26 Å². The molecule has 1 aliphatic rings. The van der Waals surface area contributed by atoms with E-state index < -0.39 is 0 Å². The van der Waals surface area contributed by atoms with E-state index in [4.69, 9.17) is 5.26 Å². The van der Waals surface area contributed by atoms with E-state index in [0.29, 0.717) is 0 Å². The lowest BCUT2D eigenvalue weighted by molar-refractivity contribution is 0.584. The lowest BCUT2D eigenvalue weighted by atomic mass is 10.1. The van der Waals surface area contributed by atoms with Crippen LogP contribution in [-0.2, 0) is 0 Å². The van der Waals surface area contributed by atoms with Gasteiger partial charge in [-0.05, 0) is 0 Å². The van der Waals surface area contributed by atoms with Crippen LogP contribution in [0.3, 0.4) is 0 Å². The first-order chi connectivity index (χ1) is 9.86. The molecule has 5 nitrogen and oxygen atoms in total. The molecule has 0 saturated carbocycles. The zero-order valence-electron chi connectivity index (χ0n) is 11.1. The molecule has 100 valence electrons.